The van der Waals surface area contributed by atoms with Crippen LogP contribution in [0.1, 0.15) is 11.3 Å². The van der Waals surface area contributed by atoms with Crippen LogP contribution in [-0.4, -0.2) is 24.9 Å². The normalized spacial score (nSPS) is 11.0. The molecule has 3 heterocycles. The van der Waals surface area contributed by atoms with E-state index < -0.39 is 0 Å². The molecular formula is C18H14FN5O. The number of halogens is 1. The maximum atomic E-state index is 14.0. The zero-order valence-electron chi connectivity index (χ0n) is 13.4. The predicted molar refractivity (Wildman–Crippen MR) is 89.0 cm³/mol. The molecule has 3 aromatic heterocycles. The van der Waals surface area contributed by atoms with Crippen LogP contribution in [0.15, 0.2) is 59.4 Å². The van der Waals surface area contributed by atoms with E-state index in [2.05, 4.69) is 20.2 Å². The lowest BCUT2D eigenvalue weighted by atomic mass is 10.2. The Labute approximate surface area is 143 Å². The molecule has 0 amide bonds. The standard InChI is InChI=1S/C18H14FN5O/c1-12-6-8-20-18(21-12)16-10-17(15-7-9-25-23-15)24(22-16)11-13-4-2-3-5-14(13)19/h2-10H,11H2,1H3. The lowest BCUT2D eigenvalue weighted by molar-refractivity contribution is 0.421. The van der Waals surface area contributed by atoms with Crippen molar-refractivity contribution in [1.82, 2.24) is 24.9 Å². The average Bonchev–Trinajstić information content (AvgIpc) is 3.26. The summed E-state index contributed by atoms with van der Waals surface area (Å²) in [4.78, 5) is 8.66. The SMILES string of the molecule is Cc1ccnc(-c2cc(-c3ccon3)n(Cc3ccccc3F)n2)n1. The van der Waals surface area contributed by atoms with Gasteiger partial charge in [-0.15, -0.1) is 0 Å². The Morgan fingerprint density at radius 2 is 2.00 bits per heavy atom. The molecule has 0 radical (unpaired) electrons. The van der Waals surface area contributed by atoms with E-state index in [1.54, 1.807) is 35.1 Å². The van der Waals surface area contributed by atoms with Gasteiger partial charge in [-0.2, -0.15) is 5.10 Å². The molecule has 0 bridgehead atoms. The highest BCUT2D eigenvalue weighted by atomic mass is 19.1. The van der Waals surface area contributed by atoms with Crippen LogP contribution >= 0.6 is 0 Å². The Bertz CT molecular complexity index is 1010. The average molecular weight is 335 g/mol. The molecule has 25 heavy (non-hydrogen) atoms. The van der Waals surface area contributed by atoms with Gasteiger partial charge in [0.25, 0.3) is 0 Å². The van der Waals surface area contributed by atoms with E-state index in [9.17, 15) is 4.39 Å². The summed E-state index contributed by atoms with van der Waals surface area (Å²) in [6, 6.07) is 12.0. The molecule has 0 spiro atoms. The summed E-state index contributed by atoms with van der Waals surface area (Å²) in [6.45, 7) is 2.15. The topological polar surface area (TPSA) is 69.6 Å². The van der Waals surface area contributed by atoms with Gasteiger partial charge in [0.15, 0.2) is 5.82 Å². The Morgan fingerprint density at radius 3 is 2.76 bits per heavy atom. The van der Waals surface area contributed by atoms with E-state index in [0.717, 1.165) is 5.69 Å². The molecular weight excluding hydrogens is 321 g/mol. The smallest absolute Gasteiger partial charge is 0.180 e. The lowest BCUT2D eigenvalue weighted by Gasteiger charge is -2.06. The largest absolute Gasteiger partial charge is 0.364 e. The Hall–Kier alpha value is -3.35. The molecule has 0 aliphatic rings. The molecule has 7 heteroatoms. The lowest BCUT2D eigenvalue weighted by Crippen LogP contribution is -2.06. The van der Waals surface area contributed by atoms with Crippen LogP contribution in [0, 0.1) is 12.7 Å². The third-order valence-corrected chi connectivity index (χ3v) is 3.78. The van der Waals surface area contributed by atoms with Gasteiger partial charge >= 0.3 is 0 Å². The van der Waals surface area contributed by atoms with Crippen LogP contribution in [0.25, 0.3) is 22.9 Å². The number of rotatable bonds is 4. The van der Waals surface area contributed by atoms with Crippen LogP contribution in [0.4, 0.5) is 4.39 Å². The summed E-state index contributed by atoms with van der Waals surface area (Å²) in [6.07, 6.45) is 3.17. The van der Waals surface area contributed by atoms with Crippen molar-refractivity contribution in [2.75, 3.05) is 0 Å². The van der Waals surface area contributed by atoms with Crippen molar-refractivity contribution < 1.29 is 8.91 Å². The van der Waals surface area contributed by atoms with E-state index in [0.29, 0.717) is 28.5 Å². The van der Waals surface area contributed by atoms with Crippen molar-refractivity contribution in [3.05, 3.63) is 72.0 Å². The maximum absolute atomic E-state index is 14.0. The fraction of sp³-hybridized carbons (Fsp3) is 0.111. The molecule has 1 aromatic carbocycles. The monoisotopic (exact) mass is 335 g/mol. The van der Waals surface area contributed by atoms with Gasteiger partial charge < -0.3 is 4.52 Å². The van der Waals surface area contributed by atoms with Crippen LogP contribution in [0.3, 0.4) is 0 Å². The highest BCUT2D eigenvalue weighted by Gasteiger charge is 2.16. The molecule has 0 fully saturated rings. The molecule has 6 nitrogen and oxygen atoms in total. The fourth-order valence-corrected chi connectivity index (χ4v) is 2.56. The second-order valence-electron chi connectivity index (χ2n) is 5.57. The number of hydrogen-bond acceptors (Lipinski definition) is 5. The third-order valence-electron chi connectivity index (χ3n) is 3.78. The Kier molecular flexibility index (Phi) is 3.81. The summed E-state index contributed by atoms with van der Waals surface area (Å²) in [5.74, 6) is 0.231. The van der Waals surface area contributed by atoms with Crippen molar-refractivity contribution >= 4 is 0 Å². The van der Waals surface area contributed by atoms with Crippen LogP contribution < -0.4 is 0 Å². The molecule has 0 aliphatic carbocycles. The minimum atomic E-state index is -0.280. The molecule has 124 valence electrons. The minimum Gasteiger partial charge on any atom is -0.364 e. The van der Waals surface area contributed by atoms with E-state index >= 15 is 0 Å². The number of aryl methyl sites for hydroxylation is 1. The number of benzene rings is 1. The highest BCUT2D eigenvalue weighted by Crippen LogP contribution is 2.24. The minimum absolute atomic E-state index is 0.265. The summed E-state index contributed by atoms with van der Waals surface area (Å²) in [7, 11) is 0. The molecule has 4 rings (SSSR count). The van der Waals surface area contributed by atoms with Gasteiger partial charge in [-0.3, -0.25) is 4.68 Å². The first-order valence-electron chi connectivity index (χ1n) is 7.73. The van der Waals surface area contributed by atoms with E-state index in [-0.39, 0.29) is 12.4 Å². The molecule has 0 saturated heterocycles. The third kappa shape index (κ3) is 3.03. The molecule has 4 aromatic rings. The van der Waals surface area contributed by atoms with Crippen molar-refractivity contribution in [2.24, 2.45) is 0 Å². The van der Waals surface area contributed by atoms with Crippen molar-refractivity contribution in [3.8, 4) is 22.9 Å². The van der Waals surface area contributed by atoms with E-state index in [1.165, 1.54) is 12.3 Å². The molecule has 0 unspecified atom stereocenters. The van der Waals surface area contributed by atoms with E-state index in [4.69, 9.17) is 4.52 Å². The first-order valence-corrected chi connectivity index (χ1v) is 7.73. The summed E-state index contributed by atoms with van der Waals surface area (Å²) in [5, 5.41) is 8.52. The summed E-state index contributed by atoms with van der Waals surface area (Å²) < 4.78 is 20.6. The van der Waals surface area contributed by atoms with Crippen LogP contribution in [0.5, 0.6) is 0 Å². The van der Waals surface area contributed by atoms with Crippen molar-refractivity contribution in [2.45, 2.75) is 13.5 Å². The molecule has 0 atom stereocenters. The van der Waals surface area contributed by atoms with Crippen LogP contribution in [-0.2, 0) is 6.54 Å². The summed E-state index contributed by atoms with van der Waals surface area (Å²) >= 11 is 0. The van der Waals surface area contributed by atoms with Gasteiger partial charge in [0.1, 0.15) is 23.5 Å². The number of hydrogen-bond donors (Lipinski definition) is 0. The second-order valence-corrected chi connectivity index (χ2v) is 5.57. The first kappa shape index (κ1) is 15.2. The number of aromatic nitrogens is 5. The first-order chi connectivity index (χ1) is 12.2. The summed E-state index contributed by atoms with van der Waals surface area (Å²) in [5.41, 5.74) is 3.29. The molecule has 0 aliphatic heterocycles. The van der Waals surface area contributed by atoms with Gasteiger partial charge in [-0.05, 0) is 25.1 Å². The van der Waals surface area contributed by atoms with Gasteiger partial charge in [0, 0.05) is 23.5 Å². The highest BCUT2D eigenvalue weighted by molar-refractivity contribution is 5.62. The van der Waals surface area contributed by atoms with E-state index in [1.807, 2.05) is 19.1 Å². The van der Waals surface area contributed by atoms with Crippen molar-refractivity contribution in [1.29, 1.82) is 0 Å². The maximum Gasteiger partial charge on any atom is 0.180 e. The van der Waals surface area contributed by atoms with Crippen molar-refractivity contribution in [3.63, 3.8) is 0 Å². The second kappa shape index (κ2) is 6.27. The fourth-order valence-electron chi connectivity index (χ4n) is 2.56. The quantitative estimate of drug-likeness (QED) is 0.571. The molecule has 0 N–H and O–H groups in total. The zero-order chi connectivity index (χ0) is 17.2. The van der Waals surface area contributed by atoms with Gasteiger partial charge in [0.05, 0.1) is 12.2 Å². The van der Waals surface area contributed by atoms with Crippen LogP contribution in [0.2, 0.25) is 0 Å². The van der Waals surface area contributed by atoms with Gasteiger partial charge in [-0.25, -0.2) is 14.4 Å². The zero-order valence-corrected chi connectivity index (χ0v) is 13.4. The Morgan fingerprint density at radius 1 is 1.12 bits per heavy atom. The van der Waals surface area contributed by atoms with Gasteiger partial charge in [0.2, 0.25) is 0 Å². The Balaban J connectivity index is 1.80. The van der Waals surface area contributed by atoms with Gasteiger partial charge in [-0.1, -0.05) is 23.4 Å². The number of nitrogens with zero attached hydrogens (tertiary/aromatic N) is 5. The molecule has 0 saturated carbocycles. The predicted octanol–water partition coefficient (Wildman–Crippen LogP) is 3.49.